The van der Waals surface area contributed by atoms with Crippen molar-refractivity contribution in [1.29, 1.82) is 0 Å². The Labute approximate surface area is 130 Å². The van der Waals surface area contributed by atoms with Crippen LogP contribution in [-0.2, 0) is 11.3 Å². The number of carboxylic acid groups (broad SMARTS) is 1. The van der Waals surface area contributed by atoms with E-state index in [4.69, 9.17) is 9.84 Å². The van der Waals surface area contributed by atoms with Crippen LogP contribution in [0.4, 0.5) is 0 Å². The minimum Gasteiger partial charge on any atom is -0.505 e. The van der Waals surface area contributed by atoms with Gasteiger partial charge in [0.15, 0.2) is 11.4 Å². The van der Waals surface area contributed by atoms with Crippen LogP contribution in [0, 0.1) is 0 Å². The smallest absolute Gasteiger partial charge is 0.359 e. The number of hydrogen-bond acceptors (Lipinski definition) is 4. The maximum absolute atomic E-state index is 12.2. The normalized spacial score (nSPS) is 11.5. The summed E-state index contributed by atoms with van der Waals surface area (Å²) in [6.45, 7) is 7.71. The van der Waals surface area contributed by atoms with Gasteiger partial charge >= 0.3 is 11.9 Å². The van der Waals surface area contributed by atoms with Crippen molar-refractivity contribution in [2.75, 3.05) is 0 Å². The second kappa shape index (κ2) is 7.33. The molecule has 124 valence electrons. The van der Waals surface area contributed by atoms with Gasteiger partial charge in [-0.15, -0.1) is 0 Å². The highest BCUT2D eigenvalue weighted by atomic mass is 16.6. The summed E-state index contributed by atoms with van der Waals surface area (Å²) in [6.07, 6.45) is 5.22. The van der Waals surface area contributed by atoms with Crippen molar-refractivity contribution < 1.29 is 24.5 Å². The largest absolute Gasteiger partial charge is 0.505 e. The Morgan fingerprint density at radius 3 is 2.36 bits per heavy atom. The number of hydrogen-bond donors (Lipinski definition) is 2. The lowest BCUT2D eigenvalue weighted by Gasteiger charge is -2.20. The summed E-state index contributed by atoms with van der Waals surface area (Å²) in [5.41, 5.74) is -1.09. The van der Waals surface area contributed by atoms with Gasteiger partial charge in [-0.3, -0.25) is 0 Å². The summed E-state index contributed by atoms with van der Waals surface area (Å²) in [4.78, 5) is 23.4. The molecule has 1 rings (SSSR count). The molecule has 22 heavy (non-hydrogen) atoms. The highest BCUT2D eigenvalue weighted by molar-refractivity contribution is 5.99. The standard InChI is InChI=1S/C16H25NO5/c1-5-6-7-8-9-17-10-11(14(19)20)13(18)12(17)15(21)22-16(2,3)4/h10,18H,5-9H2,1-4H3,(H,19,20). The summed E-state index contributed by atoms with van der Waals surface area (Å²) in [5.74, 6) is -2.51. The Balaban J connectivity index is 3.05. The lowest BCUT2D eigenvalue weighted by molar-refractivity contribution is 0.00545. The van der Waals surface area contributed by atoms with Crippen molar-refractivity contribution in [3.63, 3.8) is 0 Å². The van der Waals surface area contributed by atoms with E-state index in [-0.39, 0.29) is 11.3 Å². The predicted octanol–water partition coefficient (Wildman–Crippen LogP) is 3.43. The molecule has 1 aromatic rings. The van der Waals surface area contributed by atoms with Crippen LogP contribution in [0.3, 0.4) is 0 Å². The molecule has 1 heterocycles. The number of carbonyl (C=O) groups is 2. The van der Waals surface area contributed by atoms with Crippen LogP contribution in [0.1, 0.15) is 74.2 Å². The first-order chi connectivity index (χ1) is 10.2. The molecule has 6 heteroatoms. The third kappa shape index (κ3) is 4.79. The van der Waals surface area contributed by atoms with Gasteiger partial charge in [0.1, 0.15) is 11.2 Å². The van der Waals surface area contributed by atoms with E-state index in [2.05, 4.69) is 6.92 Å². The van der Waals surface area contributed by atoms with Crippen molar-refractivity contribution in [3.05, 3.63) is 17.5 Å². The summed E-state index contributed by atoms with van der Waals surface area (Å²) in [7, 11) is 0. The third-order valence-electron chi connectivity index (χ3n) is 3.13. The van der Waals surface area contributed by atoms with Crippen LogP contribution in [0.2, 0.25) is 0 Å². The van der Waals surface area contributed by atoms with E-state index < -0.39 is 23.3 Å². The molecule has 0 spiro atoms. The first-order valence-electron chi connectivity index (χ1n) is 7.56. The van der Waals surface area contributed by atoms with Gasteiger partial charge in [0, 0.05) is 12.7 Å². The van der Waals surface area contributed by atoms with Crippen LogP contribution < -0.4 is 0 Å². The zero-order valence-electron chi connectivity index (χ0n) is 13.7. The molecule has 0 aliphatic carbocycles. The van der Waals surface area contributed by atoms with Crippen molar-refractivity contribution in [2.45, 2.75) is 65.5 Å². The number of aromatic carboxylic acids is 1. The van der Waals surface area contributed by atoms with E-state index in [1.54, 1.807) is 20.8 Å². The summed E-state index contributed by atoms with van der Waals surface area (Å²) in [5, 5.41) is 19.1. The van der Waals surface area contributed by atoms with Gasteiger partial charge in [-0.25, -0.2) is 9.59 Å². The molecule has 0 aliphatic heterocycles. The minimum absolute atomic E-state index is 0.0937. The van der Waals surface area contributed by atoms with Gasteiger partial charge in [0.2, 0.25) is 0 Å². The Morgan fingerprint density at radius 1 is 1.23 bits per heavy atom. The number of unbranched alkanes of at least 4 members (excludes halogenated alkanes) is 3. The molecule has 6 nitrogen and oxygen atoms in total. The second-order valence-corrected chi connectivity index (χ2v) is 6.30. The average molecular weight is 311 g/mol. The number of nitrogens with zero attached hydrogens (tertiary/aromatic N) is 1. The van der Waals surface area contributed by atoms with Crippen LogP contribution in [-0.4, -0.2) is 32.3 Å². The first kappa shape index (κ1) is 18.1. The Morgan fingerprint density at radius 2 is 1.86 bits per heavy atom. The number of aromatic hydroxyl groups is 1. The quantitative estimate of drug-likeness (QED) is 0.595. The molecule has 0 fully saturated rings. The van der Waals surface area contributed by atoms with Crippen LogP contribution in [0.25, 0.3) is 0 Å². The molecule has 0 atom stereocenters. The molecule has 0 aromatic carbocycles. The fourth-order valence-corrected chi connectivity index (χ4v) is 2.13. The minimum atomic E-state index is -1.27. The third-order valence-corrected chi connectivity index (χ3v) is 3.13. The molecule has 0 aliphatic rings. The highest BCUT2D eigenvalue weighted by Gasteiger charge is 2.28. The molecular weight excluding hydrogens is 286 g/mol. The van der Waals surface area contributed by atoms with E-state index in [9.17, 15) is 14.7 Å². The van der Waals surface area contributed by atoms with Crippen molar-refractivity contribution in [1.82, 2.24) is 4.57 Å². The molecule has 0 saturated heterocycles. The zero-order valence-corrected chi connectivity index (χ0v) is 13.7. The lowest BCUT2D eigenvalue weighted by atomic mass is 10.2. The molecule has 0 unspecified atom stereocenters. The number of carboxylic acids is 1. The molecule has 0 saturated carbocycles. The van der Waals surface area contributed by atoms with Gasteiger partial charge in [0.05, 0.1) is 0 Å². The Bertz CT molecular complexity index is 539. The van der Waals surface area contributed by atoms with Gasteiger partial charge in [-0.05, 0) is 27.2 Å². The zero-order chi connectivity index (χ0) is 16.9. The fraction of sp³-hybridized carbons (Fsp3) is 0.625. The van der Waals surface area contributed by atoms with E-state index in [1.165, 1.54) is 10.8 Å². The second-order valence-electron chi connectivity index (χ2n) is 6.30. The van der Waals surface area contributed by atoms with Crippen LogP contribution in [0.15, 0.2) is 6.20 Å². The van der Waals surface area contributed by atoms with E-state index >= 15 is 0 Å². The van der Waals surface area contributed by atoms with Crippen molar-refractivity contribution in [3.8, 4) is 5.75 Å². The van der Waals surface area contributed by atoms with Gasteiger partial charge in [-0.1, -0.05) is 26.2 Å². The predicted molar refractivity (Wildman–Crippen MR) is 82.4 cm³/mol. The van der Waals surface area contributed by atoms with Crippen molar-refractivity contribution in [2.24, 2.45) is 0 Å². The molecular formula is C16H25NO5. The number of carbonyl (C=O) groups excluding carboxylic acids is 1. The number of aromatic nitrogens is 1. The Hall–Kier alpha value is -1.98. The molecule has 0 bridgehead atoms. The summed E-state index contributed by atoms with van der Waals surface area (Å²) in [6, 6.07) is 0. The van der Waals surface area contributed by atoms with E-state index in [0.717, 1.165) is 25.7 Å². The number of ether oxygens (including phenoxy) is 1. The molecule has 1 aromatic heterocycles. The average Bonchev–Trinajstić information content (AvgIpc) is 2.70. The number of aryl methyl sites for hydroxylation is 1. The molecule has 0 radical (unpaired) electrons. The molecule has 0 amide bonds. The van der Waals surface area contributed by atoms with Gasteiger partial charge in [-0.2, -0.15) is 0 Å². The monoisotopic (exact) mass is 311 g/mol. The van der Waals surface area contributed by atoms with E-state index in [1.807, 2.05) is 0 Å². The topological polar surface area (TPSA) is 88.8 Å². The maximum atomic E-state index is 12.2. The number of esters is 1. The van der Waals surface area contributed by atoms with Crippen molar-refractivity contribution >= 4 is 11.9 Å². The van der Waals surface area contributed by atoms with E-state index in [0.29, 0.717) is 6.54 Å². The first-order valence-corrected chi connectivity index (χ1v) is 7.56. The molecule has 2 N–H and O–H groups in total. The summed E-state index contributed by atoms with van der Waals surface area (Å²) >= 11 is 0. The summed E-state index contributed by atoms with van der Waals surface area (Å²) < 4.78 is 6.73. The highest BCUT2D eigenvalue weighted by Crippen LogP contribution is 2.28. The van der Waals surface area contributed by atoms with Gasteiger partial charge in [0.25, 0.3) is 0 Å². The fourth-order valence-electron chi connectivity index (χ4n) is 2.13. The van der Waals surface area contributed by atoms with Gasteiger partial charge < -0.3 is 19.5 Å². The van der Waals surface area contributed by atoms with Crippen LogP contribution in [0.5, 0.6) is 5.75 Å². The lowest BCUT2D eigenvalue weighted by Crippen LogP contribution is -2.25. The SMILES string of the molecule is CCCCCCn1cc(C(=O)O)c(O)c1C(=O)OC(C)(C)C. The Kier molecular flexibility index (Phi) is 6.02. The maximum Gasteiger partial charge on any atom is 0.359 e. The number of rotatable bonds is 7. The van der Waals surface area contributed by atoms with Crippen LogP contribution >= 0.6 is 0 Å².